The molecule has 0 spiro atoms. The Morgan fingerprint density at radius 3 is 2.48 bits per heavy atom. The molecule has 144 valence electrons. The molecule has 2 aromatic carbocycles. The van der Waals surface area contributed by atoms with Crippen LogP contribution in [0.15, 0.2) is 53.4 Å². The normalized spacial score (nSPS) is 15.6. The van der Waals surface area contributed by atoms with Crippen LogP contribution in [-0.2, 0) is 4.79 Å². The third-order valence-corrected chi connectivity index (χ3v) is 5.67. The number of amides is 1. The summed E-state index contributed by atoms with van der Waals surface area (Å²) in [6.45, 7) is 4.99. The number of carbonyl (C=O) groups is 1. The number of anilines is 1. The highest BCUT2D eigenvalue weighted by Gasteiger charge is 2.18. The lowest BCUT2D eigenvalue weighted by Gasteiger charge is -2.34. The summed E-state index contributed by atoms with van der Waals surface area (Å²) >= 11 is 7.73. The van der Waals surface area contributed by atoms with Gasteiger partial charge in [0.1, 0.15) is 5.82 Å². The molecule has 0 unspecified atom stereocenters. The quantitative estimate of drug-likeness (QED) is 0.707. The molecule has 27 heavy (non-hydrogen) atoms. The predicted molar refractivity (Wildman–Crippen MR) is 110 cm³/mol. The lowest BCUT2D eigenvalue weighted by Crippen LogP contribution is -2.49. The molecule has 1 N–H and O–H groups in total. The molecule has 3 rings (SSSR count). The van der Waals surface area contributed by atoms with Gasteiger partial charge >= 0.3 is 0 Å². The number of rotatable bonds is 7. The molecule has 4 nitrogen and oxygen atoms in total. The summed E-state index contributed by atoms with van der Waals surface area (Å²) in [5.41, 5.74) is 0.498. The van der Waals surface area contributed by atoms with Crippen LogP contribution in [-0.4, -0.2) is 60.7 Å². The van der Waals surface area contributed by atoms with Gasteiger partial charge in [0.25, 0.3) is 0 Å². The lowest BCUT2D eigenvalue weighted by molar-refractivity contribution is -0.117. The van der Waals surface area contributed by atoms with E-state index in [1.165, 1.54) is 17.0 Å². The molecule has 2 aromatic rings. The maximum absolute atomic E-state index is 13.2. The Morgan fingerprint density at radius 2 is 1.78 bits per heavy atom. The summed E-state index contributed by atoms with van der Waals surface area (Å²) in [5, 5.41) is 3.51. The fourth-order valence-electron chi connectivity index (χ4n) is 2.96. The summed E-state index contributed by atoms with van der Waals surface area (Å²) in [7, 11) is 0. The predicted octanol–water partition coefficient (Wildman–Crippen LogP) is 3.83. The molecule has 0 saturated carbocycles. The van der Waals surface area contributed by atoms with Gasteiger partial charge in [-0.05, 0) is 42.5 Å². The third kappa shape index (κ3) is 6.81. The molecule has 0 atom stereocenters. The number of benzene rings is 2. The highest BCUT2D eigenvalue weighted by molar-refractivity contribution is 7.99. The number of halogens is 2. The van der Waals surface area contributed by atoms with Crippen LogP contribution < -0.4 is 5.32 Å². The third-order valence-electron chi connectivity index (χ3n) is 4.43. The van der Waals surface area contributed by atoms with Gasteiger partial charge in [-0.3, -0.25) is 14.6 Å². The van der Waals surface area contributed by atoms with Gasteiger partial charge in [-0.25, -0.2) is 4.39 Å². The molecule has 1 fully saturated rings. The van der Waals surface area contributed by atoms with E-state index in [0.717, 1.165) is 43.5 Å². The van der Waals surface area contributed by atoms with E-state index in [-0.39, 0.29) is 11.7 Å². The Labute approximate surface area is 168 Å². The van der Waals surface area contributed by atoms with Crippen molar-refractivity contribution in [2.45, 2.75) is 4.90 Å². The largest absolute Gasteiger partial charge is 0.325 e. The highest BCUT2D eigenvalue weighted by Crippen LogP contribution is 2.20. The summed E-state index contributed by atoms with van der Waals surface area (Å²) < 4.78 is 13.2. The van der Waals surface area contributed by atoms with E-state index in [9.17, 15) is 9.18 Å². The summed E-state index contributed by atoms with van der Waals surface area (Å²) in [4.78, 5) is 17.9. The SMILES string of the molecule is O=C(CN1CCN(CCSc2ccc(Cl)cc2)CC1)Nc1cccc(F)c1. The minimum absolute atomic E-state index is 0.104. The number of thioether (sulfide) groups is 1. The van der Waals surface area contributed by atoms with Crippen molar-refractivity contribution in [2.24, 2.45) is 0 Å². The van der Waals surface area contributed by atoms with Gasteiger partial charge in [0.2, 0.25) is 5.91 Å². The van der Waals surface area contributed by atoms with E-state index in [0.29, 0.717) is 12.2 Å². The number of hydrogen-bond acceptors (Lipinski definition) is 4. The Hall–Kier alpha value is -1.60. The van der Waals surface area contributed by atoms with Crippen LogP contribution in [0.25, 0.3) is 0 Å². The van der Waals surface area contributed by atoms with Crippen LogP contribution in [0.2, 0.25) is 5.02 Å². The fraction of sp³-hybridized carbons (Fsp3) is 0.350. The van der Waals surface area contributed by atoms with Crippen LogP contribution in [0.5, 0.6) is 0 Å². The number of hydrogen-bond donors (Lipinski definition) is 1. The van der Waals surface area contributed by atoms with Crippen LogP contribution >= 0.6 is 23.4 Å². The first kappa shape index (κ1) is 20.1. The molecule has 0 aliphatic carbocycles. The Kier molecular flexibility index (Phi) is 7.52. The average molecular weight is 408 g/mol. The zero-order valence-electron chi connectivity index (χ0n) is 15.0. The lowest BCUT2D eigenvalue weighted by atomic mass is 10.3. The standard InChI is InChI=1S/C20H23ClFN3OS/c21-16-4-6-19(7-5-16)27-13-12-24-8-10-25(11-9-24)15-20(26)23-18-3-1-2-17(22)14-18/h1-7,14H,8-13,15H2,(H,23,26). The maximum Gasteiger partial charge on any atom is 0.238 e. The zero-order valence-corrected chi connectivity index (χ0v) is 16.6. The van der Waals surface area contributed by atoms with Gasteiger partial charge in [-0.15, -0.1) is 11.8 Å². The van der Waals surface area contributed by atoms with Crippen molar-refractivity contribution >= 4 is 35.0 Å². The van der Waals surface area contributed by atoms with Crippen molar-refractivity contribution in [3.8, 4) is 0 Å². The minimum Gasteiger partial charge on any atom is -0.325 e. The van der Waals surface area contributed by atoms with Crippen molar-refractivity contribution in [3.05, 3.63) is 59.4 Å². The molecule has 1 aliphatic heterocycles. The smallest absolute Gasteiger partial charge is 0.238 e. The van der Waals surface area contributed by atoms with Gasteiger partial charge in [0.15, 0.2) is 0 Å². The van der Waals surface area contributed by atoms with Gasteiger partial charge in [-0.2, -0.15) is 0 Å². The number of nitrogens with one attached hydrogen (secondary N) is 1. The molecule has 0 aromatic heterocycles. The molecule has 1 amide bonds. The second kappa shape index (κ2) is 10.1. The molecular weight excluding hydrogens is 385 g/mol. The number of carbonyl (C=O) groups excluding carboxylic acids is 1. The average Bonchev–Trinajstić information content (AvgIpc) is 2.65. The van der Waals surface area contributed by atoms with E-state index in [1.807, 2.05) is 36.0 Å². The van der Waals surface area contributed by atoms with Gasteiger partial charge in [0.05, 0.1) is 6.54 Å². The first-order valence-corrected chi connectivity index (χ1v) is 10.3. The molecule has 7 heteroatoms. The molecule has 1 aliphatic rings. The van der Waals surface area contributed by atoms with Crippen LogP contribution in [0.1, 0.15) is 0 Å². The second-order valence-corrected chi connectivity index (χ2v) is 8.08. The second-order valence-electron chi connectivity index (χ2n) is 6.48. The van der Waals surface area contributed by atoms with E-state index in [2.05, 4.69) is 15.1 Å². The summed E-state index contributed by atoms with van der Waals surface area (Å²) in [5.74, 6) is 0.576. The van der Waals surface area contributed by atoms with Crippen molar-refractivity contribution in [2.75, 3.05) is 50.3 Å². The Balaban J connectivity index is 1.33. The van der Waals surface area contributed by atoms with Gasteiger partial charge in [-0.1, -0.05) is 17.7 Å². The number of nitrogens with zero attached hydrogens (tertiary/aromatic N) is 2. The van der Waals surface area contributed by atoms with Crippen LogP contribution in [0.3, 0.4) is 0 Å². The topological polar surface area (TPSA) is 35.6 Å². The first-order chi connectivity index (χ1) is 13.1. The molecule has 1 saturated heterocycles. The van der Waals surface area contributed by atoms with Crippen molar-refractivity contribution in [1.82, 2.24) is 9.80 Å². The van der Waals surface area contributed by atoms with E-state index in [4.69, 9.17) is 11.6 Å². The molecule has 0 bridgehead atoms. The van der Waals surface area contributed by atoms with Crippen LogP contribution in [0.4, 0.5) is 10.1 Å². The summed E-state index contributed by atoms with van der Waals surface area (Å²) in [6.07, 6.45) is 0. The van der Waals surface area contributed by atoms with Crippen molar-refractivity contribution in [1.29, 1.82) is 0 Å². The van der Waals surface area contributed by atoms with Crippen molar-refractivity contribution < 1.29 is 9.18 Å². The van der Waals surface area contributed by atoms with Gasteiger partial charge in [0, 0.05) is 54.1 Å². The molecule has 1 heterocycles. The van der Waals surface area contributed by atoms with Crippen molar-refractivity contribution in [3.63, 3.8) is 0 Å². The monoisotopic (exact) mass is 407 g/mol. The summed E-state index contributed by atoms with van der Waals surface area (Å²) in [6, 6.07) is 13.9. The molecular formula is C20H23ClFN3OS. The number of piperazine rings is 1. The Bertz CT molecular complexity index is 751. The van der Waals surface area contributed by atoms with E-state index in [1.54, 1.807) is 12.1 Å². The zero-order chi connectivity index (χ0) is 19.1. The van der Waals surface area contributed by atoms with E-state index < -0.39 is 0 Å². The Morgan fingerprint density at radius 1 is 1.07 bits per heavy atom. The van der Waals surface area contributed by atoms with Gasteiger partial charge < -0.3 is 5.32 Å². The minimum atomic E-state index is -0.349. The first-order valence-electron chi connectivity index (χ1n) is 8.97. The highest BCUT2D eigenvalue weighted by atomic mass is 35.5. The van der Waals surface area contributed by atoms with Crippen LogP contribution in [0, 0.1) is 5.82 Å². The van der Waals surface area contributed by atoms with E-state index >= 15 is 0 Å². The fourth-order valence-corrected chi connectivity index (χ4v) is 4.00. The molecule has 0 radical (unpaired) electrons. The maximum atomic E-state index is 13.2.